The standard InChI is InChI=1S/C20H18N4O.2ClH/c21-18-12-17(18)13-2-4-15(5-3-13)20(25)24-16-8-6-14(7-9-16)19-22-10-1-11-23-19;;/h1-11,17-18H,12,21H2,(H,24,25);2*1H. The van der Waals surface area contributed by atoms with E-state index in [1.54, 1.807) is 18.5 Å². The lowest BCUT2D eigenvalue weighted by Gasteiger charge is -2.07. The minimum atomic E-state index is -0.129. The number of hydrogen-bond donors (Lipinski definition) is 2. The zero-order valence-electron chi connectivity index (χ0n) is 14.4. The van der Waals surface area contributed by atoms with Crippen LogP contribution in [0.15, 0.2) is 67.0 Å². The Hall–Kier alpha value is -2.47. The zero-order valence-corrected chi connectivity index (χ0v) is 16.0. The molecule has 0 spiro atoms. The van der Waals surface area contributed by atoms with Crippen LogP contribution in [0.3, 0.4) is 0 Å². The lowest BCUT2D eigenvalue weighted by atomic mass is 10.1. The Balaban J connectivity index is 0.00000131. The van der Waals surface area contributed by atoms with Gasteiger partial charge in [-0.1, -0.05) is 12.1 Å². The summed E-state index contributed by atoms with van der Waals surface area (Å²) in [4.78, 5) is 20.8. The normalized spacial score (nSPS) is 17.2. The molecule has 0 aliphatic heterocycles. The number of carbonyl (C=O) groups is 1. The second kappa shape index (κ2) is 8.95. The number of carbonyl (C=O) groups excluding carboxylic acids is 1. The van der Waals surface area contributed by atoms with E-state index in [4.69, 9.17) is 5.73 Å². The molecule has 27 heavy (non-hydrogen) atoms. The number of hydrogen-bond acceptors (Lipinski definition) is 4. The smallest absolute Gasteiger partial charge is 0.255 e. The van der Waals surface area contributed by atoms with Crippen LogP contribution in [0, 0.1) is 0 Å². The first-order valence-corrected chi connectivity index (χ1v) is 8.25. The number of nitrogens with two attached hydrogens (primary N) is 1. The van der Waals surface area contributed by atoms with E-state index in [2.05, 4.69) is 15.3 Å². The molecule has 2 aromatic carbocycles. The maximum absolute atomic E-state index is 12.4. The van der Waals surface area contributed by atoms with Crippen molar-refractivity contribution in [3.63, 3.8) is 0 Å². The van der Waals surface area contributed by atoms with Gasteiger partial charge in [-0.05, 0) is 54.4 Å². The minimum Gasteiger partial charge on any atom is -0.327 e. The van der Waals surface area contributed by atoms with Gasteiger partial charge in [0.2, 0.25) is 0 Å². The first kappa shape index (κ1) is 20.8. The number of nitrogens with zero attached hydrogens (tertiary/aromatic N) is 2. The third-order valence-corrected chi connectivity index (χ3v) is 4.41. The summed E-state index contributed by atoms with van der Waals surface area (Å²) in [5.41, 5.74) is 9.34. The number of benzene rings is 2. The molecule has 5 nitrogen and oxygen atoms in total. The van der Waals surface area contributed by atoms with E-state index in [1.165, 1.54) is 5.56 Å². The fourth-order valence-corrected chi connectivity index (χ4v) is 2.83. The molecule has 4 rings (SSSR count). The lowest BCUT2D eigenvalue weighted by molar-refractivity contribution is 0.102. The summed E-state index contributed by atoms with van der Waals surface area (Å²) >= 11 is 0. The Morgan fingerprint density at radius 1 is 0.963 bits per heavy atom. The van der Waals surface area contributed by atoms with Crippen LogP contribution in [-0.4, -0.2) is 21.9 Å². The molecular weight excluding hydrogens is 383 g/mol. The van der Waals surface area contributed by atoms with E-state index in [-0.39, 0.29) is 36.8 Å². The molecule has 0 saturated heterocycles. The van der Waals surface area contributed by atoms with Gasteiger partial charge >= 0.3 is 0 Å². The van der Waals surface area contributed by atoms with Crippen LogP contribution >= 0.6 is 24.8 Å². The maximum atomic E-state index is 12.4. The third-order valence-electron chi connectivity index (χ3n) is 4.41. The average Bonchev–Trinajstić information content (AvgIpc) is 3.40. The summed E-state index contributed by atoms with van der Waals surface area (Å²) in [6.07, 6.45) is 4.44. The maximum Gasteiger partial charge on any atom is 0.255 e. The summed E-state index contributed by atoms with van der Waals surface area (Å²) in [6.45, 7) is 0. The van der Waals surface area contributed by atoms with Gasteiger partial charge in [-0.25, -0.2) is 9.97 Å². The quantitative estimate of drug-likeness (QED) is 0.689. The van der Waals surface area contributed by atoms with Crippen LogP contribution in [0.5, 0.6) is 0 Å². The van der Waals surface area contributed by atoms with Crippen molar-refractivity contribution in [3.8, 4) is 11.4 Å². The van der Waals surface area contributed by atoms with Crippen molar-refractivity contribution >= 4 is 36.4 Å². The molecule has 3 aromatic rings. The Kier molecular flexibility index (Phi) is 6.91. The van der Waals surface area contributed by atoms with Crippen molar-refractivity contribution in [1.29, 1.82) is 0 Å². The SMILES string of the molecule is Cl.Cl.NC1CC1c1ccc(C(=O)Nc2ccc(-c3ncccn3)cc2)cc1. The Morgan fingerprint density at radius 3 is 2.11 bits per heavy atom. The molecule has 3 N–H and O–H groups in total. The molecule has 2 atom stereocenters. The summed E-state index contributed by atoms with van der Waals surface area (Å²) in [7, 11) is 0. The van der Waals surface area contributed by atoms with E-state index >= 15 is 0 Å². The summed E-state index contributed by atoms with van der Waals surface area (Å²) in [5.74, 6) is 0.981. The molecule has 1 aliphatic carbocycles. The molecule has 140 valence electrons. The first-order chi connectivity index (χ1) is 12.2. The molecular formula is C20H20Cl2N4O. The molecule has 1 aromatic heterocycles. The summed E-state index contributed by atoms with van der Waals surface area (Å²) < 4.78 is 0. The third kappa shape index (κ3) is 4.83. The van der Waals surface area contributed by atoms with Gasteiger partial charge < -0.3 is 11.1 Å². The topological polar surface area (TPSA) is 80.9 Å². The van der Waals surface area contributed by atoms with Crippen LogP contribution in [0.2, 0.25) is 0 Å². The predicted octanol–water partition coefficient (Wildman–Crippen LogP) is 4.05. The second-order valence-corrected chi connectivity index (χ2v) is 6.23. The molecule has 0 radical (unpaired) electrons. The van der Waals surface area contributed by atoms with Crippen LogP contribution < -0.4 is 11.1 Å². The minimum absolute atomic E-state index is 0. The fraction of sp³-hybridized carbons (Fsp3) is 0.150. The first-order valence-electron chi connectivity index (χ1n) is 8.25. The molecule has 0 bridgehead atoms. The van der Waals surface area contributed by atoms with Crippen molar-refractivity contribution in [2.45, 2.75) is 18.4 Å². The van der Waals surface area contributed by atoms with Gasteiger partial charge in [0.1, 0.15) is 0 Å². The van der Waals surface area contributed by atoms with E-state index in [9.17, 15) is 4.79 Å². The molecule has 1 fully saturated rings. The van der Waals surface area contributed by atoms with E-state index in [0.717, 1.165) is 17.7 Å². The number of aromatic nitrogens is 2. The number of rotatable bonds is 4. The Bertz CT molecular complexity index is 886. The largest absolute Gasteiger partial charge is 0.327 e. The monoisotopic (exact) mass is 402 g/mol. The van der Waals surface area contributed by atoms with Crippen molar-refractivity contribution in [1.82, 2.24) is 9.97 Å². The van der Waals surface area contributed by atoms with Crippen LogP contribution in [-0.2, 0) is 0 Å². The highest BCUT2D eigenvalue weighted by Gasteiger charge is 2.34. The van der Waals surface area contributed by atoms with Crippen LogP contribution in [0.25, 0.3) is 11.4 Å². The highest BCUT2D eigenvalue weighted by Crippen LogP contribution is 2.38. The Morgan fingerprint density at radius 2 is 1.56 bits per heavy atom. The van der Waals surface area contributed by atoms with Gasteiger partial charge in [0.05, 0.1) is 0 Å². The highest BCUT2D eigenvalue weighted by molar-refractivity contribution is 6.04. The van der Waals surface area contributed by atoms with Crippen LogP contribution in [0.1, 0.15) is 28.3 Å². The van der Waals surface area contributed by atoms with Crippen molar-refractivity contribution < 1.29 is 4.79 Å². The molecule has 1 aliphatic rings. The van der Waals surface area contributed by atoms with Gasteiger partial charge in [0, 0.05) is 41.2 Å². The number of anilines is 1. The number of nitrogens with one attached hydrogen (secondary N) is 1. The van der Waals surface area contributed by atoms with Gasteiger partial charge in [0.15, 0.2) is 5.82 Å². The molecule has 7 heteroatoms. The van der Waals surface area contributed by atoms with Crippen molar-refractivity contribution in [2.75, 3.05) is 5.32 Å². The van der Waals surface area contributed by atoms with E-state index in [0.29, 0.717) is 17.3 Å². The fourth-order valence-electron chi connectivity index (χ4n) is 2.83. The van der Waals surface area contributed by atoms with Gasteiger partial charge in [-0.2, -0.15) is 0 Å². The number of halogens is 2. The van der Waals surface area contributed by atoms with Gasteiger partial charge in [0.25, 0.3) is 5.91 Å². The van der Waals surface area contributed by atoms with Crippen molar-refractivity contribution in [3.05, 3.63) is 78.1 Å². The van der Waals surface area contributed by atoms with E-state index in [1.807, 2.05) is 48.5 Å². The molecule has 1 amide bonds. The highest BCUT2D eigenvalue weighted by atomic mass is 35.5. The molecule has 1 heterocycles. The van der Waals surface area contributed by atoms with Crippen molar-refractivity contribution in [2.24, 2.45) is 5.73 Å². The van der Waals surface area contributed by atoms with E-state index < -0.39 is 0 Å². The molecule has 1 saturated carbocycles. The predicted molar refractivity (Wildman–Crippen MR) is 112 cm³/mol. The Labute approximate surface area is 170 Å². The summed E-state index contributed by atoms with van der Waals surface area (Å²) in [5, 5.41) is 2.91. The zero-order chi connectivity index (χ0) is 17.2. The number of amides is 1. The molecule has 2 unspecified atom stereocenters. The van der Waals surface area contributed by atoms with Crippen LogP contribution in [0.4, 0.5) is 5.69 Å². The summed E-state index contributed by atoms with van der Waals surface area (Å²) in [6, 6.07) is 17.2. The second-order valence-electron chi connectivity index (χ2n) is 6.23. The van der Waals surface area contributed by atoms with Gasteiger partial charge in [-0.3, -0.25) is 4.79 Å². The average molecular weight is 403 g/mol. The van der Waals surface area contributed by atoms with Gasteiger partial charge in [-0.15, -0.1) is 24.8 Å². The lowest BCUT2D eigenvalue weighted by Crippen LogP contribution is -2.11.